The van der Waals surface area contributed by atoms with Crippen molar-refractivity contribution in [3.63, 3.8) is 0 Å². The SMILES string of the molecule is COC(=O)c1cccc2c1C(C)(N)N(C(=O)C(F)(F)F)CC2. The minimum atomic E-state index is -5.03. The second-order valence-electron chi connectivity index (χ2n) is 5.18. The molecule has 1 unspecified atom stereocenters. The minimum Gasteiger partial charge on any atom is -0.465 e. The Morgan fingerprint density at radius 1 is 1.36 bits per heavy atom. The molecule has 5 nitrogen and oxygen atoms in total. The number of fused-ring (bicyclic) bond motifs is 1. The molecule has 1 aromatic carbocycles. The highest BCUT2D eigenvalue weighted by atomic mass is 19.4. The molecule has 1 aromatic rings. The maximum absolute atomic E-state index is 12.7. The Kier molecular flexibility index (Phi) is 3.90. The molecule has 2 N–H and O–H groups in total. The second kappa shape index (κ2) is 5.28. The number of amides is 1. The minimum absolute atomic E-state index is 0.0599. The average molecular weight is 316 g/mol. The number of alkyl halides is 3. The molecule has 0 aliphatic carbocycles. The molecule has 0 aromatic heterocycles. The molecule has 0 saturated heterocycles. The highest BCUT2D eigenvalue weighted by Crippen LogP contribution is 2.36. The van der Waals surface area contributed by atoms with E-state index < -0.39 is 23.7 Å². The Hall–Kier alpha value is -2.09. The van der Waals surface area contributed by atoms with E-state index in [1.54, 1.807) is 12.1 Å². The van der Waals surface area contributed by atoms with Gasteiger partial charge >= 0.3 is 18.1 Å². The number of carbonyl (C=O) groups is 2. The molecule has 0 fully saturated rings. The third-order valence-electron chi connectivity index (χ3n) is 3.72. The van der Waals surface area contributed by atoms with Crippen molar-refractivity contribution in [3.05, 3.63) is 34.9 Å². The van der Waals surface area contributed by atoms with Crippen LogP contribution in [-0.4, -0.2) is 36.6 Å². The maximum Gasteiger partial charge on any atom is 0.471 e. The van der Waals surface area contributed by atoms with Crippen LogP contribution in [0.2, 0.25) is 0 Å². The van der Waals surface area contributed by atoms with Crippen molar-refractivity contribution in [1.29, 1.82) is 0 Å². The van der Waals surface area contributed by atoms with Crippen LogP contribution in [0.4, 0.5) is 13.2 Å². The van der Waals surface area contributed by atoms with Crippen LogP contribution in [0.1, 0.15) is 28.4 Å². The number of nitrogens with zero attached hydrogens (tertiary/aromatic N) is 1. The fourth-order valence-electron chi connectivity index (χ4n) is 2.75. The Balaban J connectivity index is 2.57. The lowest BCUT2D eigenvalue weighted by Gasteiger charge is -2.44. The Bertz CT molecular complexity index is 626. The van der Waals surface area contributed by atoms with Gasteiger partial charge in [0.15, 0.2) is 0 Å². The summed E-state index contributed by atoms with van der Waals surface area (Å²) >= 11 is 0. The molecule has 0 saturated carbocycles. The van der Waals surface area contributed by atoms with Gasteiger partial charge in [0.05, 0.1) is 12.7 Å². The van der Waals surface area contributed by atoms with E-state index >= 15 is 0 Å². The summed E-state index contributed by atoms with van der Waals surface area (Å²) in [5.74, 6) is -2.74. The molecule has 1 amide bonds. The number of hydrogen-bond acceptors (Lipinski definition) is 4. The molecule has 120 valence electrons. The molecule has 0 bridgehead atoms. The molecular weight excluding hydrogens is 301 g/mol. The van der Waals surface area contributed by atoms with Crippen LogP contribution in [-0.2, 0) is 21.6 Å². The van der Waals surface area contributed by atoms with Gasteiger partial charge in [-0.3, -0.25) is 4.79 Å². The smallest absolute Gasteiger partial charge is 0.465 e. The zero-order chi connectivity index (χ0) is 16.7. The normalized spacial score (nSPS) is 21.3. The number of hydrogen-bond donors (Lipinski definition) is 1. The Labute approximate surface area is 124 Å². The first-order valence-electron chi connectivity index (χ1n) is 6.49. The average Bonchev–Trinajstić information content (AvgIpc) is 2.44. The number of esters is 1. The first kappa shape index (κ1) is 16.3. The van der Waals surface area contributed by atoms with Crippen molar-refractivity contribution >= 4 is 11.9 Å². The molecule has 1 atom stereocenters. The highest BCUT2D eigenvalue weighted by molar-refractivity contribution is 5.92. The van der Waals surface area contributed by atoms with E-state index in [1.165, 1.54) is 13.0 Å². The van der Waals surface area contributed by atoms with Crippen LogP contribution in [0.3, 0.4) is 0 Å². The van der Waals surface area contributed by atoms with Crippen molar-refractivity contribution in [2.24, 2.45) is 5.73 Å². The third kappa shape index (κ3) is 2.54. The summed E-state index contributed by atoms with van der Waals surface area (Å²) in [4.78, 5) is 24.0. The Morgan fingerprint density at radius 2 is 2.00 bits per heavy atom. The quantitative estimate of drug-likeness (QED) is 0.798. The number of halogens is 3. The fraction of sp³-hybridized carbons (Fsp3) is 0.429. The van der Waals surface area contributed by atoms with Crippen molar-refractivity contribution in [2.45, 2.75) is 25.2 Å². The van der Waals surface area contributed by atoms with E-state index in [4.69, 9.17) is 5.73 Å². The monoisotopic (exact) mass is 316 g/mol. The summed E-state index contributed by atoms with van der Waals surface area (Å²) in [6, 6.07) is 4.68. The van der Waals surface area contributed by atoms with E-state index in [9.17, 15) is 22.8 Å². The van der Waals surface area contributed by atoms with Crippen LogP contribution in [0, 0.1) is 0 Å². The first-order chi connectivity index (χ1) is 10.1. The van der Waals surface area contributed by atoms with Gasteiger partial charge in [0, 0.05) is 12.1 Å². The van der Waals surface area contributed by atoms with Crippen molar-refractivity contribution in [3.8, 4) is 0 Å². The zero-order valence-corrected chi connectivity index (χ0v) is 12.0. The summed E-state index contributed by atoms with van der Waals surface area (Å²) < 4.78 is 42.9. The van der Waals surface area contributed by atoms with E-state index in [0.29, 0.717) is 10.5 Å². The number of ether oxygens (including phenoxy) is 1. The molecule has 1 heterocycles. The third-order valence-corrected chi connectivity index (χ3v) is 3.72. The topological polar surface area (TPSA) is 72.6 Å². The summed E-state index contributed by atoms with van der Waals surface area (Å²) in [5.41, 5.74) is 5.13. The molecule has 1 aliphatic heterocycles. The fourth-order valence-corrected chi connectivity index (χ4v) is 2.75. The van der Waals surface area contributed by atoms with Crippen molar-refractivity contribution in [1.82, 2.24) is 4.90 Å². The van der Waals surface area contributed by atoms with Gasteiger partial charge in [0.1, 0.15) is 5.66 Å². The summed E-state index contributed by atoms with van der Waals surface area (Å²) in [6.07, 6.45) is -4.85. The molecule has 8 heteroatoms. The number of benzene rings is 1. The lowest BCUT2D eigenvalue weighted by molar-refractivity contribution is -0.192. The highest BCUT2D eigenvalue weighted by Gasteiger charge is 2.50. The number of carbonyl (C=O) groups excluding carboxylic acids is 2. The van der Waals surface area contributed by atoms with Crippen LogP contribution < -0.4 is 5.73 Å². The summed E-state index contributed by atoms with van der Waals surface area (Å²) in [7, 11) is 1.16. The Morgan fingerprint density at radius 3 is 2.55 bits per heavy atom. The molecular formula is C14H15F3N2O3. The van der Waals surface area contributed by atoms with E-state index in [2.05, 4.69) is 4.74 Å². The summed E-state index contributed by atoms with van der Waals surface area (Å²) in [6.45, 7) is 1.10. The molecule has 1 aliphatic rings. The van der Waals surface area contributed by atoms with Gasteiger partial charge in [0.2, 0.25) is 0 Å². The predicted molar refractivity (Wildman–Crippen MR) is 70.8 cm³/mol. The standard InChI is InChI=1S/C14H15F3N2O3/c1-13(18)10-8(4-3-5-9(10)11(20)22-2)6-7-19(13)12(21)14(15,16)17/h3-5H,6-7,18H2,1-2H3. The lowest BCUT2D eigenvalue weighted by Crippen LogP contribution is -2.60. The van der Waals surface area contributed by atoms with Crippen molar-refractivity contribution in [2.75, 3.05) is 13.7 Å². The largest absolute Gasteiger partial charge is 0.471 e. The van der Waals surface area contributed by atoms with Gasteiger partial charge in [-0.2, -0.15) is 13.2 Å². The van der Waals surface area contributed by atoms with Gasteiger partial charge in [-0.1, -0.05) is 12.1 Å². The van der Waals surface area contributed by atoms with Crippen LogP contribution in [0.5, 0.6) is 0 Å². The van der Waals surface area contributed by atoms with Crippen LogP contribution in [0.25, 0.3) is 0 Å². The molecule has 0 spiro atoms. The number of nitrogens with two attached hydrogens (primary N) is 1. The predicted octanol–water partition coefficient (Wildman–Crippen LogP) is 1.55. The number of methoxy groups -OCH3 is 1. The van der Waals surface area contributed by atoms with Crippen molar-refractivity contribution < 1.29 is 27.5 Å². The molecule has 0 radical (unpaired) electrons. The van der Waals surface area contributed by atoms with E-state index in [0.717, 1.165) is 7.11 Å². The van der Waals surface area contributed by atoms with Gasteiger partial charge in [0.25, 0.3) is 0 Å². The van der Waals surface area contributed by atoms with Gasteiger partial charge in [-0.25, -0.2) is 4.79 Å². The van der Waals surface area contributed by atoms with Gasteiger partial charge < -0.3 is 15.4 Å². The van der Waals surface area contributed by atoms with Gasteiger partial charge in [-0.05, 0) is 25.0 Å². The van der Waals surface area contributed by atoms with Gasteiger partial charge in [-0.15, -0.1) is 0 Å². The number of rotatable bonds is 1. The van der Waals surface area contributed by atoms with Crippen LogP contribution >= 0.6 is 0 Å². The second-order valence-corrected chi connectivity index (χ2v) is 5.18. The molecule has 2 rings (SSSR count). The van der Waals surface area contributed by atoms with Crippen LogP contribution in [0.15, 0.2) is 18.2 Å². The summed E-state index contributed by atoms with van der Waals surface area (Å²) in [5, 5.41) is 0. The van der Waals surface area contributed by atoms with E-state index in [-0.39, 0.29) is 24.1 Å². The first-order valence-corrected chi connectivity index (χ1v) is 6.49. The maximum atomic E-state index is 12.7. The zero-order valence-electron chi connectivity index (χ0n) is 12.0. The lowest BCUT2D eigenvalue weighted by atomic mass is 9.85. The molecule has 22 heavy (non-hydrogen) atoms. The van der Waals surface area contributed by atoms with E-state index in [1.807, 2.05) is 0 Å².